The van der Waals surface area contributed by atoms with E-state index in [0.29, 0.717) is 16.6 Å². The van der Waals surface area contributed by atoms with Crippen molar-refractivity contribution in [1.29, 1.82) is 0 Å². The number of rotatable bonds is 7. The van der Waals surface area contributed by atoms with Gasteiger partial charge in [-0.15, -0.1) is 10.2 Å². The lowest BCUT2D eigenvalue weighted by atomic mass is 9.98. The molecule has 2 aromatic heterocycles. The Morgan fingerprint density at radius 2 is 1.91 bits per heavy atom. The van der Waals surface area contributed by atoms with E-state index in [-0.39, 0.29) is 71.4 Å². The third kappa shape index (κ3) is 3.80. The Hall–Kier alpha value is -4.53. The number of fused-ring (bicyclic) bond motifs is 1. The number of benzene rings is 3. The van der Waals surface area contributed by atoms with Crippen LogP contribution >= 0.6 is 0 Å². The first-order valence-corrected chi connectivity index (χ1v) is 10.1. The van der Waals surface area contributed by atoms with Crippen LogP contribution in [0.1, 0.15) is 28.3 Å². The summed E-state index contributed by atoms with van der Waals surface area (Å²) in [5.74, 6) is -0.910. The first-order chi connectivity index (χ1) is 17.8. The van der Waals surface area contributed by atoms with Gasteiger partial charge in [0.05, 0.1) is 35.2 Å². The van der Waals surface area contributed by atoms with Crippen LogP contribution in [0.2, 0.25) is 0 Å². The Labute approximate surface area is 194 Å². The number of carbonyl (C=O) groups is 1. The van der Waals surface area contributed by atoms with E-state index < -0.39 is 5.97 Å². The molecule has 0 aliphatic rings. The maximum absolute atomic E-state index is 11.9. The molecule has 5 rings (SSSR count). The smallest absolute Gasteiger partial charge is 0.337 e. The fourth-order valence-corrected chi connectivity index (χ4v) is 3.61. The Balaban J connectivity index is 1.71. The van der Waals surface area contributed by atoms with Gasteiger partial charge >= 0.3 is 5.97 Å². The molecule has 0 bridgehead atoms. The highest BCUT2D eigenvalue weighted by molar-refractivity contribution is 6.01. The molecular weight excluding hydrogens is 420 g/mol. The highest BCUT2D eigenvalue weighted by Gasteiger charge is 2.19. The quantitative estimate of drug-likeness (QED) is 0.389. The highest BCUT2D eigenvalue weighted by Crippen LogP contribution is 2.31. The molecule has 0 radical (unpaired) electrons. The lowest BCUT2D eigenvalue weighted by Gasteiger charge is -2.12. The van der Waals surface area contributed by atoms with E-state index in [1.807, 2.05) is 0 Å². The minimum Gasteiger partial charge on any atom is -0.478 e. The number of nitrogens with one attached hydrogen (secondary N) is 1. The van der Waals surface area contributed by atoms with Gasteiger partial charge < -0.3 is 9.84 Å². The normalized spacial score (nSPS) is 12.8. The van der Waals surface area contributed by atoms with E-state index in [2.05, 4.69) is 25.6 Å². The molecule has 0 fully saturated rings. The molecule has 9 nitrogen and oxygen atoms in total. The fourth-order valence-electron chi connectivity index (χ4n) is 3.61. The maximum Gasteiger partial charge on any atom is 0.337 e. The molecule has 0 aliphatic heterocycles. The van der Waals surface area contributed by atoms with E-state index in [0.717, 1.165) is 0 Å². The number of hydrogen-bond acceptors (Lipinski definition) is 6. The largest absolute Gasteiger partial charge is 0.478 e. The molecule has 9 heteroatoms. The lowest BCUT2D eigenvalue weighted by molar-refractivity contribution is 0.0698. The van der Waals surface area contributed by atoms with Gasteiger partial charge in [0.1, 0.15) is 0 Å². The van der Waals surface area contributed by atoms with Crippen LogP contribution in [0.5, 0.6) is 6.01 Å². The molecule has 2 heterocycles. The summed E-state index contributed by atoms with van der Waals surface area (Å²) < 4.78 is 42.2. The molecule has 0 unspecified atom stereocenters. The van der Waals surface area contributed by atoms with Gasteiger partial charge in [0.25, 0.3) is 6.01 Å². The van der Waals surface area contributed by atoms with E-state index >= 15 is 0 Å². The van der Waals surface area contributed by atoms with E-state index in [4.69, 9.17) is 10.2 Å². The zero-order valence-electron chi connectivity index (χ0n) is 21.5. The second kappa shape index (κ2) is 8.54. The van der Waals surface area contributed by atoms with E-state index in [1.165, 1.54) is 10.6 Å². The van der Waals surface area contributed by atoms with Gasteiger partial charge in [-0.25, -0.2) is 4.79 Å². The first-order valence-electron chi connectivity index (χ1n) is 12.1. The number of imidazole rings is 1. The molecule has 0 spiro atoms. The third-order valence-corrected chi connectivity index (χ3v) is 5.01. The number of aromatic carboxylic acids is 1. The van der Waals surface area contributed by atoms with Crippen LogP contribution < -0.4 is 4.74 Å². The molecule has 0 saturated heterocycles. The van der Waals surface area contributed by atoms with Gasteiger partial charge in [-0.2, -0.15) is 10.2 Å². The Morgan fingerprint density at radius 3 is 2.61 bits per heavy atom. The number of carboxylic acid groups (broad SMARTS) is 1. The highest BCUT2D eigenvalue weighted by atomic mass is 16.5. The summed E-state index contributed by atoms with van der Waals surface area (Å²) in [6.07, 6.45) is 0. The molecule has 0 aliphatic carbocycles. The van der Waals surface area contributed by atoms with Crippen molar-refractivity contribution >= 4 is 17.0 Å². The van der Waals surface area contributed by atoms with Crippen LogP contribution in [0.4, 0.5) is 0 Å². The first kappa shape index (κ1) is 16.2. The van der Waals surface area contributed by atoms with Gasteiger partial charge in [0, 0.05) is 5.56 Å². The number of aromatic nitrogens is 6. The lowest BCUT2D eigenvalue weighted by Crippen LogP contribution is -2.08. The summed E-state index contributed by atoms with van der Waals surface area (Å²) in [4.78, 5) is 16.3. The number of H-pyrrole nitrogens is 1. The van der Waals surface area contributed by atoms with E-state index in [1.54, 1.807) is 43.3 Å². The van der Waals surface area contributed by atoms with Crippen molar-refractivity contribution in [3.63, 3.8) is 0 Å². The average molecular weight is 444 g/mol. The predicted octanol–water partition coefficient (Wildman–Crippen LogP) is 4.03. The van der Waals surface area contributed by atoms with Crippen LogP contribution in [0.15, 0.2) is 66.6 Å². The summed E-state index contributed by atoms with van der Waals surface area (Å²) in [6, 6.07) is 10.6. The van der Waals surface area contributed by atoms with Crippen molar-refractivity contribution in [3.05, 3.63) is 77.8 Å². The molecule has 33 heavy (non-hydrogen) atoms. The minimum absolute atomic E-state index is 0.0168. The Kier molecular flexibility index (Phi) is 4.18. The SMILES string of the molecule is [2H]c1c([2H])c(-c2ccccc2-c2nn[nH]n2)c([2H])c([2H])c1Cn1c(OCC)nc2cccc(C(=O)O)c21. The zero-order valence-corrected chi connectivity index (χ0v) is 17.5. The zero-order chi connectivity index (χ0) is 26.3. The van der Waals surface area contributed by atoms with Crippen LogP contribution in [0, 0.1) is 0 Å². The fraction of sp³-hybridized carbons (Fsp3) is 0.125. The summed E-state index contributed by atoms with van der Waals surface area (Å²) in [5, 5.41) is 23.7. The summed E-state index contributed by atoms with van der Waals surface area (Å²) in [6.45, 7) is 1.83. The maximum atomic E-state index is 11.9. The molecular formula is C24H20N6O3. The van der Waals surface area contributed by atoms with Gasteiger partial charge in [-0.05, 0) is 41.0 Å². The molecule has 2 N–H and O–H groups in total. The van der Waals surface area contributed by atoms with Crippen molar-refractivity contribution in [2.75, 3.05) is 6.61 Å². The third-order valence-electron chi connectivity index (χ3n) is 5.01. The number of ether oxygens (including phenoxy) is 1. The van der Waals surface area contributed by atoms with Crippen molar-refractivity contribution in [1.82, 2.24) is 30.2 Å². The number of tetrazole rings is 1. The topological polar surface area (TPSA) is 119 Å². The van der Waals surface area contributed by atoms with Crippen molar-refractivity contribution < 1.29 is 20.1 Å². The molecule has 164 valence electrons. The summed E-state index contributed by atoms with van der Waals surface area (Å²) in [5.41, 5.74) is 1.70. The predicted molar refractivity (Wildman–Crippen MR) is 122 cm³/mol. The molecule has 3 aromatic carbocycles. The number of aromatic amines is 1. The minimum atomic E-state index is -1.16. The van der Waals surface area contributed by atoms with Crippen molar-refractivity contribution in [2.45, 2.75) is 13.5 Å². The van der Waals surface area contributed by atoms with Crippen molar-refractivity contribution in [3.8, 4) is 28.5 Å². The van der Waals surface area contributed by atoms with Crippen LogP contribution in [0.3, 0.4) is 0 Å². The number of nitrogens with zero attached hydrogens (tertiary/aromatic N) is 5. The second-order valence-electron chi connectivity index (χ2n) is 7.03. The number of para-hydroxylation sites is 1. The molecule has 0 atom stereocenters. The van der Waals surface area contributed by atoms with E-state index in [9.17, 15) is 9.90 Å². The Bertz CT molecular complexity index is 1620. The van der Waals surface area contributed by atoms with Crippen LogP contribution in [0.25, 0.3) is 33.5 Å². The summed E-state index contributed by atoms with van der Waals surface area (Å²) >= 11 is 0. The second-order valence-corrected chi connectivity index (χ2v) is 7.03. The standard InChI is InChI=1S/C24H20N6O3/c1-2-33-24-25-20-9-5-8-19(23(31)32)21(20)30(24)14-15-10-12-16(13-11-15)17-6-3-4-7-18(17)22-26-28-29-27-22/h3-13H,2,14H2,1H3,(H,31,32)(H,26,27,28,29)/i10D,11D,12D,13D. The number of hydrogen-bond donors (Lipinski definition) is 2. The van der Waals surface area contributed by atoms with Crippen molar-refractivity contribution in [2.24, 2.45) is 0 Å². The monoisotopic (exact) mass is 444 g/mol. The molecule has 5 aromatic rings. The average Bonchev–Trinajstić information content (AvgIpc) is 3.54. The molecule has 0 saturated carbocycles. The number of carboxylic acids is 1. The Morgan fingerprint density at radius 1 is 1.12 bits per heavy atom. The van der Waals surface area contributed by atoms with Gasteiger partial charge in [-0.3, -0.25) is 4.57 Å². The van der Waals surface area contributed by atoms with Gasteiger partial charge in [0.15, 0.2) is 0 Å². The summed E-state index contributed by atoms with van der Waals surface area (Å²) in [7, 11) is 0. The van der Waals surface area contributed by atoms with Gasteiger partial charge in [0.2, 0.25) is 5.82 Å². The van der Waals surface area contributed by atoms with Gasteiger partial charge in [-0.1, -0.05) is 54.5 Å². The molecule has 0 amide bonds. The van der Waals surface area contributed by atoms with Crippen LogP contribution in [-0.4, -0.2) is 47.9 Å². The van der Waals surface area contributed by atoms with Crippen LogP contribution in [-0.2, 0) is 6.54 Å².